The van der Waals surface area contributed by atoms with Gasteiger partial charge in [-0.15, -0.1) is 0 Å². The molecular formula is C14H19F2NO4S. The van der Waals surface area contributed by atoms with Crippen LogP contribution in [-0.2, 0) is 20.6 Å². The van der Waals surface area contributed by atoms with Crippen LogP contribution in [0.5, 0.6) is 0 Å². The largest absolute Gasteiger partial charge is 0.481 e. The lowest BCUT2D eigenvalue weighted by atomic mass is 9.98. The SMILES string of the molecule is CC(C)CC(CNS(=O)(=O)Cc1c(F)cccc1F)C(=O)O. The number of carbonyl (C=O) groups is 1. The molecule has 0 aliphatic carbocycles. The number of sulfonamides is 1. The van der Waals surface area contributed by atoms with E-state index in [0.717, 1.165) is 18.2 Å². The quantitative estimate of drug-likeness (QED) is 0.762. The monoisotopic (exact) mass is 335 g/mol. The normalized spacial score (nSPS) is 13.3. The summed E-state index contributed by atoms with van der Waals surface area (Å²) < 4.78 is 52.8. The third-order valence-electron chi connectivity index (χ3n) is 3.05. The van der Waals surface area contributed by atoms with Crippen LogP contribution in [0, 0.1) is 23.5 Å². The van der Waals surface area contributed by atoms with Crippen LogP contribution in [0.3, 0.4) is 0 Å². The number of aliphatic carboxylic acids is 1. The van der Waals surface area contributed by atoms with Crippen molar-refractivity contribution in [3.8, 4) is 0 Å². The molecule has 1 atom stereocenters. The van der Waals surface area contributed by atoms with E-state index < -0.39 is 44.9 Å². The standard InChI is InChI=1S/C14H19F2NO4S/c1-9(2)6-10(14(18)19)7-17-22(20,21)8-11-12(15)4-3-5-13(11)16/h3-5,9-10,17H,6-8H2,1-2H3,(H,18,19). The van der Waals surface area contributed by atoms with Gasteiger partial charge in [-0.1, -0.05) is 19.9 Å². The molecule has 0 amide bonds. The molecule has 1 aromatic rings. The molecule has 2 N–H and O–H groups in total. The van der Waals surface area contributed by atoms with E-state index in [0.29, 0.717) is 6.42 Å². The first-order valence-electron chi connectivity index (χ1n) is 6.75. The van der Waals surface area contributed by atoms with Crippen molar-refractivity contribution >= 4 is 16.0 Å². The Morgan fingerprint density at radius 3 is 2.27 bits per heavy atom. The van der Waals surface area contributed by atoms with Crippen molar-refractivity contribution in [1.82, 2.24) is 4.72 Å². The fraction of sp³-hybridized carbons (Fsp3) is 0.500. The molecule has 0 radical (unpaired) electrons. The Morgan fingerprint density at radius 1 is 1.27 bits per heavy atom. The molecule has 124 valence electrons. The molecule has 0 aliphatic heterocycles. The summed E-state index contributed by atoms with van der Waals surface area (Å²) >= 11 is 0. The fourth-order valence-corrected chi connectivity index (χ4v) is 3.19. The van der Waals surface area contributed by atoms with Crippen molar-refractivity contribution in [3.63, 3.8) is 0 Å². The topological polar surface area (TPSA) is 83.5 Å². The molecular weight excluding hydrogens is 316 g/mol. The number of hydrogen-bond acceptors (Lipinski definition) is 3. The van der Waals surface area contributed by atoms with Gasteiger partial charge in [0, 0.05) is 12.1 Å². The van der Waals surface area contributed by atoms with Crippen molar-refractivity contribution in [3.05, 3.63) is 35.4 Å². The van der Waals surface area contributed by atoms with Gasteiger partial charge in [0.1, 0.15) is 11.6 Å². The third kappa shape index (κ3) is 5.69. The van der Waals surface area contributed by atoms with Crippen molar-refractivity contribution in [2.24, 2.45) is 11.8 Å². The lowest BCUT2D eigenvalue weighted by Gasteiger charge is -2.15. The van der Waals surface area contributed by atoms with Crippen molar-refractivity contribution in [1.29, 1.82) is 0 Å². The van der Waals surface area contributed by atoms with Gasteiger partial charge in [-0.25, -0.2) is 21.9 Å². The van der Waals surface area contributed by atoms with Gasteiger partial charge in [0.05, 0.1) is 11.7 Å². The van der Waals surface area contributed by atoms with Crippen molar-refractivity contribution in [2.75, 3.05) is 6.54 Å². The summed E-state index contributed by atoms with van der Waals surface area (Å²) in [7, 11) is -4.04. The van der Waals surface area contributed by atoms with Crippen LogP contribution in [0.25, 0.3) is 0 Å². The Kier molecular flexibility index (Phi) is 6.43. The highest BCUT2D eigenvalue weighted by Gasteiger charge is 2.23. The van der Waals surface area contributed by atoms with E-state index in [1.807, 2.05) is 13.8 Å². The van der Waals surface area contributed by atoms with E-state index in [4.69, 9.17) is 5.11 Å². The van der Waals surface area contributed by atoms with Crippen molar-refractivity contribution in [2.45, 2.75) is 26.0 Å². The van der Waals surface area contributed by atoms with E-state index in [-0.39, 0.29) is 12.5 Å². The maximum absolute atomic E-state index is 13.5. The van der Waals surface area contributed by atoms with E-state index in [1.165, 1.54) is 0 Å². The predicted molar refractivity (Wildman–Crippen MR) is 77.6 cm³/mol. The molecule has 1 rings (SSSR count). The summed E-state index contributed by atoms with van der Waals surface area (Å²) in [4.78, 5) is 11.1. The molecule has 0 fully saturated rings. The molecule has 0 heterocycles. The Morgan fingerprint density at radius 2 is 1.82 bits per heavy atom. The average molecular weight is 335 g/mol. The van der Waals surface area contributed by atoms with E-state index in [1.54, 1.807) is 0 Å². The summed E-state index contributed by atoms with van der Waals surface area (Å²) in [5.74, 6) is -4.72. The van der Waals surface area contributed by atoms with Crippen LogP contribution < -0.4 is 4.72 Å². The van der Waals surface area contributed by atoms with Crippen LogP contribution in [0.2, 0.25) is 0 Å². The van der Waals surface area contributed by atoms with Gasteiger partial charge in [-0.05, 0) is 24.5 Å². The Bertz CT molecular complexity index is 611. The Hall–Kier alpha value is -1.54. The molecule has 5 nitrogen and oxygen atoms in total. The van der Waals surface area contributed by atoms with Gasteiger partial charge >= 0.3 is 5.97 Å². The number of nitrogens with one attached hydrogen (secondary N) is 1. The second-order valence-electron chi connectivity index (χ2n) is 5.47. The van der Waals surface area contributed by atoms with Gasteiger partial charge in [-0.2, -0.15) is 0 Å². The van der Waals surface area contributed by atoms with Gasteiger partial charge in [0.15, 0.2) is 0 Å². The summed E-state index contributed by atoms with van der Waals surface area (Å²) in [6.45, 7) is 3.32. The summed E-state index contributed by atoms with van der Waals surface area (Å²) in [5, 5.41) is 9.04. The van der Waals surface area contributed by atoms with Gasteiger partial charge in [-0.3, -0.25) is 4.79 Å². The smallest absolute Gasteiger partial charge is 0.307 e. The maximum Gasteiger partial charge on any atom is 0.307 e. The number of rotatable bonds is 8. The highest BCUT2D eigenvalue weighted by atomic mass is 32.2. The maximum atomic E-state index is 13.5. The van der Waals surface area contributed by atoms with E-state index in [2.05, 4.69) is 4.72 Å². The first kappa shape index (κ1) is 18.5. The predicted octanol–water partition coefficient (Wildman–Crippen LogP) is 2.13. The van der Waals surface area contributed by atoms with Crippen LogP contribution in [0.1, 0.15) is 25.8 Å². The summed E-state index contributed by atoms with van der Waals surface area (Å²) in [6, 6.07) is 3.07. The summed E-state index contributed by atoms with van der Waals surface area (Å²) in [6.07, 6.45) is 0.298. The second-order valence-corrected chi connectivity index (χ2v) is 7.28. The minimum atomic E-state index is -4.04. The molecule has 0 bridgehead atoms. The molecule has 1 aromatic carbocycles. The molecule has 0 spiro atoms. The molecule has 1 unspecified atom stereocenters. The first-order valence-corrected chi connectivity index (χ1v) is 8.40. The second kappa shape index (κ2) is 7.64. The van der Waals surface area contributed by atoms with Crippen LogP contribution in [0.4, 0.5) is 8.78 Å². The molecule has 0 saturated carbocycles. The van der Waals surface area contributed by atoms with E-state index in [9.17, 15) is 22.0 Å². The number of carboxylic acid groups (broad SMARTS) is 1. The van der Waals surface area contributed by atoms with Gasteiger partial charge in [0.2, 0.25) is 10.0 Å². The minimum Gasteiger partial charge on any atom is -0.481 e. The third-order valence-corrected chi connectivity index (χ3v) is 4.33. The Labute approximate surface area is 128 Å². The first-order chi connectivity index (χ1) is 10.1. The van der Waals surface area contributed by atoms with E-state index >= 15 is 0 Å². The zero-order chi connectivity index (χ0) is 16.9. The fourth-order valence-electron chi connectivity index (χ4n) is 1.98. The van der Waals surface area contributed by atoms with Crippen molar-refractivity contribution < 1.29 is 27.1 Å². The minimum absolute atomic E-state index is 0.0783. The average Bonchev–Trinajstić information content (AvgIpc) is 2.38. The number of halogens is 2. The number of carboxylic acids is 1. The Balaban J connectivity index is 2.77. The highest BCUT2D eigenvalue weighted by Crippen LogP contribution is 2.16. The molecule has 0 saturated heterocycles. The van der Waals surface area contributed by atoms with Gasteiger partial charge in [0.25, 0.3) is 0 Å². The number of benzene rings is 1. The summed E-state index contributed by atoms with van der Waals surface area (Å²) in [5.41, 5.74) is -0.564. The van der Waals surface area contributed by atoms with Crippen LogP contribution >= 0.6 is 0 Å². The lowest BCUT2D eigenvalue weighted by molar-refractivity contribution is -0.142. The molecule has 8 heteroatoms. The van der Waals surface area contributed by atoms with Crippen LogP contribution in [-0.4, -0.2) is 26.0 Å². The van der Waals surface area contributed by atoms with Crippen LogP contribution in [0.15, 0.2) is 18.2 Å². The highest BCUT2D eigenvalue weighted by molar-refractivity contribution is 7.88. The number of hydrogen-bond donors (Lipinski definition) is 2. The molecule has 0 aromatic heterocycles. The molecule has 22 heavy (non-hydrogen) atoms. The van der Waals surface area contributed by atoms with Gasteiger partial charge < -0.3 is 5.11 Å². The lowest BCUT2D eigenvalue weighted by Crippen LogP contribution is -2.34. The molecule has 0 aliphatic rings. The zero-order valence-corrected chi connectivity index (χ0v) is 13.2. The zero-order valence-electron chi connectivity index (χ0n) is 12.3.